The first-order valence-electron chi connectivity index (χ1n) is 9.62. The molecular formula is C20H23ClN6OS. The Bertz CT molecular complexity index is 960. The van der Waals surface area contributed by atoms with Gasteiger partial charge in [-0.2, -0.15) is 0 Å². The van der Waals surface area contributed by atoms with Crippen LogP contribution in [0.2, 0.25) is 5.02 Å². The third-order valence-corrected chi connectivity index (χ3v) is 6.58. The van der Waals surface area contributed by atoms with Gasteiger partial charge in [0.2, 0.25) is 5.91 Å². The number of hydrogen-bond acceptors (Lipinski definition) is 6. The molecule has 1 aliphatic rings. The molecule has 0 saturated carbocycles. The van der Waals surface area contributed by atoms with E-state index >= 15 is 0 Å². The fourth-order valence-electron chi connectivity index (χ4n) is 3.75. The summed E-state index contributed by atoms with van der Waals surface area (Å²) in [6.07, 6.45) is 3.07. The van der Waals surface area contributed by atoms with Gasteiger partial charge in [0.15, 0.2) is 0 Å². The van der Waals surface area contributed by atoms with Crippen molar-refractivity contribution in [3.05, 3.63) is 63.1 Å². The van der Waals surface area contributed by atoms with E-state index in [0.29, 0.717) is 18.0 Å². The molecule has 7 nitrogen and oxygen atoms in total. The minimum absolute atomic E-state index is 0.0526. The van der Waals surface area contributed by atoms with Crippen LogP contribution in [0, 0.1) is 6.92 Å². The molecular weight excluding hydrogens is 408 g/mol. The molecule has 0 bridgehead atoms. The van der Waals surface area contributed by atoms with E-state index in [2.05, 4.69) is 44.1 Å². The maximum atomic E-state index is 13.0. The van der Waals surface area contributed by atoms with E-state index in [9.17, 15) is 4.79 Å². The van der Waals surface area contributed by atoms with E-state index in [1.54, 1.807) is 22.3 Å². The van der Waals surface area contributed by atoms with Gasteiger partial charge in [-0.1, -0.05) is 23.7 Å². The molecule has 0 radical (unpaired) electrons. The van der Waals surface area contributed by atoms with Crippen molar-refractivity contribution >= 4 is 28.8 Å². The maximum absolute atomic E-state index is 13.0. The quantitative estimate of drug-likeness (QED) is 0.623. The number of benzene rings is 1. The van der Waals surface area contributed by atoms with Crippen LogP contribution in [-0.2, 0) is 17.8 Å². The van der Waals surface area contributed by atoms with Gasteiger partial charge in [0.1, 0.15) is 6.33 Å². The second-order valence-corrected chi connectivity index (χ2v) is 8.76. The van der Waals surface area contributed by atoms with Gasteiger partial charge in [0.25, 0.3) is 0 Å². The van der Waals surface area contributed by atoms with Gasteiger partial charge in [-0.05, 0) is 64.9 Å². The Balaban J connectivity index is 1.41. The summed E-state index contributed by atoms with van der Waals surface area (Å²) >= 11 is 7.78. The lowest BCUT2D eigenvalue weighted by atomic mass is 10.1. The SMILES string of the molecule is Cc1ccsc1CN1C[C@H](n2cnnn2)C[C@H]1C(=O)NCCc1cccc(Cl)c1. The Morgan fingerprint density at radius 1 is 1.38 bits per heavy atom. The van der Waals surface area contributed by atoms with Crippen LogP contribution in [0.1, 0.15) is 28.5 Å². The van der Waals surface area contributed by atoms with E-state index in [0.717, 1.165) is 25.1 Å². The summed E-state index contributed by atoms with van der Waals surface area (Å²) in [4.78, 5) is 16.5. The molecule has 2 aromatic heterocycles. The number of amides is 1. The van der Waals surface area contributed by atoms with Gasteiger partial charge >= 0.3 is 0 Å². The van der Waals surface area contributed by atoms with Gasteiger partial charge in [-0.25, -0.2) is 4.68 Å². The van der Waals surface area contributed by atoms with Gasteiger partial charge < -0.3 is 5.32 Å². The van der Waals surface area contributed by atoms with Crippen LogP contribution in [0.3, 0.4) is 0 Å². The van der Waals surface area contributed by atoms with E-state index in [1.165, 1.54) is 10.4 Å². The minimum Gasteiger partial charge on any atom is -0.354 e. The van der Waals surface area contributed by atoms with Crippen molar-refractivity contribution in [2.75, 3.05) is 13.1 Å². The summed E-state index contributed by atoms with van der Waals surface area (Å²) in [6, 6.07) is 9.74. The Morgan fingerprint density at radius 2 is 2.28 bits per heavy atom. The highest BCUT2D eigenvalue weighted by atomic mass is 35.5. The highest BCUT2D eigenvalue weighted by Gasteiger charge is 2.38. The predicted octanol–water partition coefficient (Wildman–Crippen LogP) is 2.87. The molecule has 2 atom stereocenters. The zero-order chi connectivity index (χ0) is 20.2. The molecule has 29 heavy (non-hydrogen) atoms. The summed E-state index contributed by atoms with van der Waals surface area (Å²) in [5.74, 6) is 0.0526. The van der Waals surface area contributed by atoms with E-state index in [-0.39, 0.29) is 18.0 Å². The molecule has 4 rings (SSSR count). The highest BCUT2D eigenvalue weighted by Crippen LogP contribution is 2.30. The van der Waals surface area contributed by atoms with Crippen LogP contribution in [0.5, 0.6) is 0 Å². The second-order valence-electron chi connectivity index (χ2n) is 7.32. The molecule has 0 spiro atoms. The van der Waals surface area contributed by atoms with E-state index in [1.807, 2.05) is 24.3 Å². The van der Waals surface area contributed by atoms with Crippen molar-refractivity contribution in [3.63, 3.8) is 0 Å². The lowest BCUT2D eigenvalue weighted by molar-refractivity contribution is -0.125. The van der Waals surface area contributed by atoms with Crippen LogP contribution in [0.25, 0.3) is 0 Å². The lowest BCUT2D eigenvalue weighted by Crippen LogP contribution is -2.43. The summed E-state index contributed by atoms with van der Waals surface area (Å²) in [6.45, 7) is 4.20. The van der Waals surface area contributed by atoms with Crippen molar-refractivity contribution < 1.29 is 4.79 Å². The fraction of sp³-hybridized carbons (Fsp3) is 0.400. The molecule has 0 aliphatic carbocycles. The average Bonchev–Trinajstić information content (AvgIpc) is 3.44. The third-order valence-electron chi connectivity index (χ3n) is 5.34. The predicted molar refractivity (Wildman–Crippen MR) is 113 cm³/mol. The molecule has 1 N–H and O–H groups in total. The van der Waals surface area contributed by atoms with Gasteiger partial charge in [-0.3, -0.25) is 9.69 Å². The number of aromatic nitrogens is 4. The standard InChI is InChI=1S/C20H23ClN6OS/c1-14-6-8-29-19(14)12-26-11-17(27-13-23-24-25-27)10-18(26)20(28)22-7-5-15-3-2-4-16(21)9-15/h2-4,6,8-9,13,17-18H,5,7,10-12H2,1H3,(H,22,28)/t17-,18+/m1/s1. The van der Waals surface area contributed by atoms with E-state index in [4.69, 9.17) is 11.6 Å². The normalized spacial score (nSPS) is 19.5. The molecule has 1 aromatic carbocycles. The van der Waals surface area contributed by atoms with Crippen molar-refractivity contribution in [2.45, 2.75) is 38.4 Å². The number of tetrazole rings is 1. The number of carbonyl (C=O) groups is 1. The van der Waals surface area contributed by atoms with Crippen LogP contribution in [0.15, 0.2) is 42.0 Å². The number of rotatable bonds is 7. The van der Waals surface area contributed by atoms with Crippen LogP contribution in [0.4, 0.5) is 0 Å². The Kier molecular flexibility index (Phi) is 6.22. The molecule has 1 amide bonds. The summed E-state index contributed by atoms with van der Waals surface area (Å²) < 4.78 is 1.76. The average molecular weight is 431 g/mol. The van der Waals surface area contributed by atoms with Crippen LogP contribution in [-0.4, -0.2) is 50.1 Å². The van der Waals surface area contributed by atoms with Crippen molar-refractivity contribution in [1.82, 2.24) is 30.4 Å². The molecule has 1 saturated heterocycles. The topological polar surface area (TPSA) is 75.9 Å². The number of carbonyl (C=O) groups excluding carboxylic acids is 1. The third kappa shape index (κ3) is 4.83. The Hall–Kier alpha value is -2.29. The number of halogens is 1. The number of nitrogens with zero attached hydrogens (tertiary/aromatic N) is 5. The summed E-state index contributed by atoms with van der Waals surface area (Å²) in [5.41, 5.74) is 2.38. The second kappa shape index (κ2) is 9.02. The van der Waals surface area contributed by atoms with Crippen molar-refractivity contribution in [3.8, 4) is 0 Å². The summed E-state index contributed by atoms with van der Waals surface area (Å²) in [7, 11) is 0. The lowest BCUT2D eigenvalue weighted by Gasteiger charge is -2.23. The van der Waals surface area contributed by atoms with Gasteiger partial charge in [0.05, 0.1) is 12.1 Å². The van der Waals surface area contributed by atoms with Crippen molar-refractivity contribution in [2.24, 2.45) is 0 Å². The smallest absolute Gasteiger partial charge is 0.237 e. The molecule has 3 heterocycles. The molecule has 1 fully saturated rings. The molecule has 152 valence electrons. The van der Waals surface area contributed by atoms with Crippen LogP contribution < -0.4 is 5.32 Å². The minimum atomic E-state index is -0.204. The Labute approximate surface area is 178 Å². The molecule has 0 unspecified atom stereocenters. The first-order valence-corrected chi connectivity index (χ1v) is 10.9. The molecule has 1 aliphatic heterocycles. The highest BCUT2D eigenvalue weighted by molar-refractivity contribution is 7.10. The number of thiophene rings is 1. The van der Waals surface area contributed by atoms with Crippen LogP contribution >= 0.6 is 22.9 Å². The van der Waals surface area contributed by atoms with Gasteiger partial charge in [-0.15, -0.1) is 16.4 Å². The number of hydrogen-bond donors (Lipinski definition) is 1. The van der Waals surface area contributed by atoms with Crippen molar-refractivity contribution in [1.29, 1.82) is 0 Å². The first-order chi connectivity index (χ1) is 14.1. The maximum Gasteiger partial charge on any atom is 0.237 e. The first kappa shape index (κ1) is 20.0. The Morgan fingerprint density at radius 3 is 3.00 bits per heavy atom. The zero-order valence-corrected chi connectivity index (χ0v) is 17.7. The van der Waals surface area contributed by atoms with E-state index < -0.39 is 0 Å². The molecule has 3 aromatic rings. The number of nitrogens with one attached hydrogen (secondary N) is 1. The zero-order valence-electron chi connectivity index (χ0n) is 16.2. The largest absolute Gasteiger partial charge is 0.354 e. The van der Waals surface area contributed by atoms with Gasteiger partial charge in [0, 0.05) is 29.5 Å². The molecule has 9 heteroatoms. The number of aryl methyl sites for hydroxylation is 1. The number of likely N-dealkylation sites (tertiary alicyclic amines) is 1. The fourth-order valence-corrected chi connectivity index (χ4v) is 4.89. The summed E-state index contributed by atoms with van der Waals surface area (Å²) in [5, 5.41) is 17.4. The monoisotopic (exact) mass is 430 g/mol.